The molecule has 0 N–H and O–H groups in total. The molecule has 41 heavy (non-hydrogen) atoms. The predicted molar refractivity (Wildman–Crippen MR) is 157 cm³/mol. The second kappa shape index (κ2) is 9.20. The molecule has 4 nitrogen and oxygen atoms in total. The van der Waals surface area contributed by atoms with Gasteiger partial charge in [0.05, 0.1) is 6.04 Å². The molecule has 0 saturated carbocycles. The summed E-state index contributed by atoms with van der Waals surface area (Å²) in [5.74, 6) is -1.62. The molecule has 0 amide bonds. The summed E-state index contributed by atoms with van der Waals surface area (Å²) in [5.41, 5.74) is 2.80. The Labute approximate surface area is 238 Å². The highest BCUT2D eigenvalue weighted by Crippen LogP contribution is 2.61. The molecule has 4 aromatic rings. The molecular weight excluding hydrogens is 513 g/mol. The topological polar surface area (TPSA) is 54.5 Å². The number of halogens is 1. The van der Waals surface area contributed by atoms with E-state index in [2.05, 4.69) is 13.8 Å². The van der Waals surface area contributed by atoms with Crippen LogP contribution in [0.2, 0.25) is 0 Å². The van der Waals surface area contributed by atoms with E-state index in [0.29, 0.717) is 33.9 Å². The lowest BCUT2D eigenvalue weighted by Crippen LogP contribution is -2.48. The molecule has 202 valence electrons. The third kappa shape index (κ3) is 3.48. The van der Waals surface area contributed by atoms with Crippen LogP contribution in [0.3, 0.4) is 0 Å². The van der Waals surface area contributed by atoms with Crippen molar-refractivity contribution >= 4 is 29.1 Å². The van der Waals surface area contributed by atoms with Crippen LogP contribution in [0.4, 0.5) is 10.1 Å². The van der Waals surface area contributed by atoms with Crippen LogP contribution in [0.1, 0.15) is 73.4 Å². The van der Waals surface area contributed by atoms with E-state index in [1.54, 1.807) is 48.5 Å². The standard InChI is InChI=1S/C36H28FNO3/c1-21(2)22-12-14-23(15-13-22)31-32(33(39)24-8-4-3-5-9-24)38-29-18-17-26(37)20-25(29)16-19-30(38)36(31)34(40)27-10-6-7-11-28(27)35(36)41/h3-21,30-32H,1-2H3/t30-,31+,32-/m0/s1. The van der Waals surface area contributed by atoms with Crippen molar-refractivity contribution in [3.05, 3.63) is 142 Å². The van der Waals surface area contributed by atoms with Crippen LogP contribution in [-0.4, -0.2) is 29.4 Å². The van der Waals surface area contributed by atoms with Crippen molar-refractivity contribution in [2.45, 2.75) is 37.8 Å². The zero-order chi connectivity index (χ0) is 28.5. The normalized spacial score (nSPS) is 21.8. The molecule has 0 aromatic heterocycles. The van der Waals surface area contributed by atoms with Crippen LogP contribution in [0.25, 0.3) is 6.08 Å². The van der Waals surface area contributed by atoms with Gasteiger partial charge in [0.25, 0.3) is 0 Å². The summed E-state index contributed by atoms with van der Waals surface area (Å²) in [6.45, 7) is 4.21. The van der Waals surface area contributed by atoms with Crippen molar-refractivity contribution in [3.63, 3.8) is 0 Å². The fraction of sp³-hybridized carbons (Fsp3) is 0.194. The lowest BCUT2D eigenvalue weighted by Gasteiger charge is -2.37. The van der Waals surface area contributed by atoms with Gasteiger partial charge in [0.2, 0.25) is 0 Å². The Bertz CT molecular complexity index is 1720. The van der Waals surface area contributed by atoms with Gasteiger partial charge in [-0.1, -0.05) is 105 Å². The molecule has 0 bridgehead atoms. The zero-order valence-electron chi connectivity index (χ0n) is 22.8. The summed E-state index contributed by atoms with van der Waals surface area (Å²) in [6, 6.07) is 26.7. The SMILES string of the molecule is CC(C)c1ccc([C@@H]2[C@@H](C(=O)c3ccccc3)N3c4ccc(F)cc4C=C[C@H]3C23C(=O)c2ccccc2C3=O)cc1. The van der Waals surface area contributed by atoms with Crippen LogP contribution in [0, 0.1) is 11.2 Å². The van der Waals surface area contributed by atoms with Crippen molar-refractivity contribution in [1.82, 2.24) is 0 Å². The predicted octanol–water partition coefficient (Wildman–Crippen LogP) is 7.27. The molecule has 4 aromatic carbocycles. The van der Waals surface area contributed by atoms with Crippen molar-refractivity contribution < 1.29 is 18.8 Å². The van der Waals surface area contributed by atoms with Gasteiger partial charge in [0.15, 0.2) is 17.3 Å². The average Bonchev–Trinajstić information content (AvgIpc) is 3.43. The van der Waals surface area contributed by atoms with Gasteiger partial charge in [0, 0.05) is 33.9 Å². The van der Waals surface area contributed by atoms with Crippen molar-refractivity contribution in [1.29, 1.82) is 0 Å². The molecule has 3 atom stereocenters. The first kappa shape index (κ1) is 25.3. The van der Waals surface area contributed by atoms with Gasteiger partial charge < -0.3 is 4.90 Å². The van der Waals surface area contributed by atoms with Gasteiger partial charge in [-0.25, -0.2) is 4.39 Å². The third-order valence-electron chi connectivity index (χ3n) is 9.05. The van der Waals surface area contributed by atoms with Crippen molar-refractivity contribution in [3.8, 4) is 0 Å². The van der Waals surface area contributed by atoms with Gasteiger partial charge >= 0.3 is 0 Å². The molecule has 0 unspecified atom stereocenters. The Balaban J connectivity index is 1.54. The average molecular weight is 542 g/mol. The van der Waals surface area contributed by atoms with Crippen molar-refractivity contribution in [2.75, 3.05) is 4.90 Å². The Morgan fingerprint density at radius 1 is 0.829 bits per heavy atom. The number of rotatable bonds is 4. The largest absolute Gasteiger partial charge is 0.352 e. The van der Waals surface area contributed by atoms with Gasteiger partial charge in [-0.05, 0) is 35.2 Å². The minimum absolute atomic E-state index is 0.187. The van der Waals surface area contributed by atoms with Crippen LogP contribution in [0.5, 0.6) is 0 Å². The Morgan fingerprint density at radius 2 is 1.46 bits per heavy atom. The van der Waals surface area contributed by atoms with Crippen LogP contribution < -0.4 is 4.90 Å². The maximum absolute atomic E-state index is 14.7. The zero-order valence-corrected chi connectivity index (χ0v) is 22.8. The summed E-state index contributed by atoms with van der Waals surface area (Å²) < 4.78 is 14.4. The summed E-state index contributed by atoms with van der Waals surface area (Å²) >= 11 is 0. The smallest absolute Gasteiger partial charge is 0.185 e. The summed E-state index contributed by atoms with van der Waals surface area (Å²) in [6.07, 6.45) is 3.59. The lowest BCUT2D eigenvalue weighted by atomic mass is 9.64. The Kier molecular flexibility index (Phi) is 5.69. The number of hydrogen-bond acceptors (Lipinski definition) is 4. The molecular formula is C36H28FNO3. The van der Waals surface area contributed by atoms with Gasteiger partial charge in [0.1, 0.15) is 17.3 Å². The maximum Gasteiger partial charge on any atom is 0.185 e. The molecule has 0 radical (unpaired) electrons. The van der Waals surface area contributed by atoms with E-state index in [1.165, 1.54) is 12.1 Å². The minimum atomic E-state index is -1.57. The Morgan fingerprint density at radius 3 is 2.10 bits per heavy atom. The van der Waals surface area contributed by atoms with E-state index in [4.69, 9.17) is 0 Å². The minimum Gasteiger partial charge on any atom is -0.352 e. The van der Waals surface area contributed by atoms with Crippen LogP contribution in [0.15, 0.2) is 103 Å². The van der Waals surface area contributed by atoms with E-state index in [0.717, 1.165) is 11.1 Å². The highest BCUT2D eigenvalue weighted by molar-refractivity contribution is 6.32. The number of carbonyl (C=O) groups is 3. The maximum atomic E-state index is 14.7. The molecule has 1 aliphatic carbocycles. The number of benzene rings is 4. The lowest BCUT2D eigenvalue weighted by molar-refractivity contribution is 0.0666. The quantitative estimate of drug-likeness (QED) is 0.202. The number of carbonyl (C=O) groups excluding carboxylic acids is 3. The van der Waals surface area contributed by atoms with Gasteiger partial charge in [-0.2, -0.15) is 0 Å². The molecule has 7 rings (SSSR count). The highest BCUT2D eigenvalue weighted by atomic mass is 19.1. The second-order valence-corrected chi connectivity index (χ2v) is 11.5. The number of fused-ring (bicyclic) bond motifs is 5. The first-order valence-electron chi connectivity index (χ1n) is 14.0. The van der Waals surface area contributed by atoms with E-state index < -0.39 is 29.2 Å². The molecule has 1 saturated heterocycles. The van der Waals surface area contributed by atoms with Gasteiger partial charge in [-0.3, -0.25) is 14.4 Å². The number of anilines is 1. The highest BCUT2D eigenvalue weighted by Gasteiger charge is 2.71. The first-order chi connectivity index (χ1) is 19.8. The molecule has 3 aliphatic rings. The second-order valence-electron chi connectivity index (χ2n) is 11.5. The molecule has 2 heterocycles. The molecule has 2 aliphatic heterocycles. The number of ketones is 3. The summed E-state index contributed by atoms with van der Waals surface area (Å²) in [4.78, 5) is 45.8. The Hall–Kier alpha value is -4.64. The van der Waals surface area contributed by atoms with E-state index >= 15 is 0 Å². The monoisotopic (exact) mass is 541 g/mol. The fourth-order valence-electron chi connectivity index (χ4n) is 7.18. The first-order valence-corrected chi connectivity index (χ1v) is 14.0. The van der Waals surface area contributed by atoms with E-state index in [-0.39, 0.29) is 17.3 Å². The summed E-state index contributed by atoms with van der Waals surface area (Å²) in [5, 5.41) is 0. The van der Waals surface area contributed by atoms with Gasteiger partial charge in [-0.15, -0.1) is 0 Å². The van der Waals surface area contributed by atoms with E-state index in [9.17, 15) is 18.8 Å². The molecule has 1 fully saturated rings. The fourth-order valence-corrected chi connectivity index (χ4v) is 7.18. The number of Topliss-reactive ketones (excluding diaryl/α,β-unsaturated/α-hetero) is 3. The summed E-state index contributed by atoms with van der Waals surface area (Å²) in [7, 11) is 0. The van der Waals surface area contributed by atoms with Crippen molar-refractivity contribution in [2.24, 2.45) is 5.41 Å². The number of nitrogens with zero attached hydrogens (tertiary/aromatic N) is 1. The third-order valence-corrected chi connectivity index (χ3v) is 9.05. The molecule has 1 spiro atoms. The van der Waals surface area contributed by atoms with E-state index in [1.807, 2.05) is 53.4 Å². The number of hydrogen-bond donors (Lipinski definition) is 0. The molecule has 5 heteroatoms. The van der Waals surface area contributed by atoms with Crippen LogP contribution >= 0.6 is 0 Å². The van der Waals surface area contributed by atoms with Crippen LogP contribution in [-0.2, 0) is 0 Å².